The third-order valence-corrected chi connectivity index (χ3v) is 2.86. The lowest BCUT2D eigenvalue weighted by Crippen LogP contribution is -2.36. The number of thiocarbonyl (C=S) groups is 1. The summed E-state index contributed by atoms with van der Waals surface area (Å²) in [7, 11) is 0. The van der Waals surface area contributed by atoms with Gasteiger partial charge >= 0.3 is 0 Å². The summed E-state index contributed by atoms with van der Waals surface area (Å²) in [6, 6.07) is 7.32. The summed E-state index contributed by atoms with van der Waals surface area (Å²) in [5.74, 6) is 0.395. The van der Waals surface area contributed by atoms with Gasteiger partial charge in [-0.2, -0.15) is 0 Å². The van der Waals surface area contributed by atoms with Crippen LogP contribution in [0, 0.1) is 0 Å². The van der Waals surface area contributed by atoms with E-state index in [4.69, 9.17) is 22.7 Å². The number of hydrogen-bond donors (Lipinski definition) is 2. The SMILES string of the molecule is CCCC(C)NC(=O)COc1ccccc1C(N)=S. The van der Waals surface area contributed by atoms with Crippen LogP contribution >= 0.6 is 12.2 Å². The van der Waals surface area contributed by atoms with E-state index in [2.05, 4.69) is 12.2 Å². The summed E-state index contributed by atoms with van der Waals surface area (Å²) in [5.41, 5.74) is 6.24. The number of para-hydroxylation sites is 1. The predicted molar refractivity (Wildman–Crippen MR) is 80.3 cm³/mol. The molecule has 0 fully saturated rings. The van der Waals surface area contributed by atoms with Gasteiger partial charge in [0.1, 0.15) is 10.7 Å². The number of carbonyl (C=O) groups excluding carboxylic acids is 1. The zero-order valence-electron chi connectivity index (χ0n) is 11.3. The molecule has 0 spiro atoms. The molecule has 0 saturated carbocycles. The Morgan fingerprint density at radius 1 is 1.47 bits per heavy atom. The third kappa shape index (κ3) is 5.26. The molecule has 0 saturated heterocycles. The largest absolute Gasteiger partial charge is 0.483 e. The van der Waals surface area contributed by atoms with Gasteiger partial charge in [-0.1, -0.05) is 37.7 Å². The van der Waals surface area contributed by atoms with Crippen LogP contribution in [0.3, 0.4) is 0 Å². The molecule has 1 rings (SSSR count). The van der Waals surface area contributed by atoms with E-state index >= 15 is 0 Å². The zero-order valence-corrected chi connectivity index (χ0v) is 12.1. The van der Waals surface area contributed by atoms with Gasteiger partial charge in [0.25, 0.3) is 5.91 Å². The smallest absolute Gasteiger partial charge is 0.258 e. The maximum absolute atomic E-state index is 11.7. The van der Waals surface area contributed by atoms with Crippen LogP contribution in [0.1, 0.15) is 32.3 Å². The normalized spacial score (nSPS) is 11.7. The van der Waals surface area contributed by atoms with E-state index in [1.807, 2.05) is 19.1 Å². The second-order valence-electron chi connectivity index (χ2n) is 4.41. The van der Waals surface area contributed by atoms with E-state index in [9.17, 15) is 4.79 Å². The number of benzene rings is 1. The van der Waals surface area contributed by atoms with Crippen molar-refractivity contribution in [1.82, 2.24) is 5.32 Å². The van der Waals surface area contributed by atoms with Crippen molar-refractivity contribution in [1.29, 1.82) is 0 Å². The Morgan fingerprint density at radius 3 is 2.79 bits per heavy atom. The number of rotatable bonds is 7. The molecule has 0 aliphatic rings. The van der Waals surface area contributed by atoms with Crippen LogP contribution < -0.4 is 15.8 Å². The molecule has 4 nitrogen and oxygen atoms in total. The molecule has 1 unspecified atom stereocenters. The molecule has 104 valence electrons. The molecule has 3 N–H and O–H groups in total. The predicted octanol–water partition coefficient (Wildman–Crippen LogP) is 2.00. The first-order chi connectivity index (χ1) is 9.04. The Morgan fingerprint density at radius 2 is 2.16 bits per heavy atom. The average molecular weight is 280 g/mol. The van der Waals surface area contributed by atoms with Gasteiger partial charge in [-0.3, -0.25) is 4.79 Å². The van der Waals surface area contributed by atoms with Crippen molar-refractivity contribution >= 4 is 23.1 Å². The van der Waals surface area contributed by atoms with E-state index < -0.39 is 0 Å². The Labute approximate surface area is 119 Å². The number of carbonyl (C=O) groups is 1. The van der Waals surface area contributed by atoms with Gasteiger partial charge in [0, 0.05) is 6.04 Å². The monoisotopic (exact) mass is 280 g/mol. The zero-order chi connectivity index (χ0) is 14.3. The molecule has 5 heteroatoms. The van der Waals surface area contributed by atoms with Gasteiger partial charge in [-0.15, -0.1) is 0 Å². The number of ether oxygens (including phenoxy) is 1. The van der Waals surface area contributed by atoms with Crippen LogP contribution in [-0.2, 0) is 4.79 Å². The van der Waals surface area contributed by atoms with Gasteiger partial charge in [0.2, 0.25) is 0 Å². The summed E-state index contributed by atoms with van der Waals surface area (Å²) in [6.07, 6.45) is 1.99. The first-order valence-electron chi connectivity index (χ1n) is 6.35. The Bertz CT molecular complexity index is 449. The van der Waals surface area contributed by atoms with Crippen LogP contribution in [0.15, 0.2) is 24.3 Å². The van der Waals surface area contributed by atoms with Gasteiger partial charge < -0.3 is 15.8 Å². The van der Waals surface area contributed by atoms with Crippen LogP contribution in [-0.4, -0.2) is 23.5 Å². The molecule has 0 radical (unpaired) electrons. The van der Waals surface area contributed by atoms with Crippen LogP contribution in [0.5, 0.6) is 5.75 Å². The molecule has 0 aliphatic carbocycles. The second-order valence-corrected chi connectivity index (χ2v) is 4.85. The van der Waals surface area contributed by atoms with Crippen molar-refractivity contribution in [2.75, 3.05) is 6.61 Å². The van der Waals surface area contributed by atoms with Crippen molar-refractivity contribution in [3.63, 3.8) is 0 Å². The summed E-state index contributed by atoms with van der Waals surface area (Å²) >= 11 is 4.93. The fourth-order valence-corrected chi connectivity index (χ4v) is 1.93. The lowest BCUT2D eigenvalue weighted by molar-refractivity contribution is -0.123. The van der Waals surface area contributed by atoms with Crippen LogP contribution in [0.2, 0.25) is 0 Å². The quantitative estimate of drug-likeness (QED) is 0.750. The third-order valence-electron chi connectivity index (χ3n) is 2.64. The van der Waals surface area contributed by atoms with Crippen molar-refractivity contribution in [2.45, 2.75) is 32.7 Å². The van der Waals surface area contributed by atoms with E-state index in [0.717, 1.165) is 12.8 Å². The molecular formula is C14H20N2O2S. The fraction of sp³-hybridized carbons (Fsp3) is 0.429. The van der Waals surface area contributed by atoms with Crippen LogP contribution in [0.25, 0.3) is 0 Å². The highest BCUT2D eigenvalue weighted by atomic mass is 32.1. The molecule has 19 heavy (non-hydrogen) atoms. The lowest BCUT2D eigenvalue weighted by Gasteiger charge is -2.14. The minimum absolute atomic E-state index is 0.0340. The van der Waals surface area contributed by atoms with Crippen molar-refractivity contribution in [2.24, 2.45) is 5.73 Å². The van der Waals surface area contributed by atoms with E-state index in [-0.39, 0.29) is 23.5 Å². The molecule has 0 aliphatic heterocycles. The van der Waals surface area contributed by atoms with Gasteiger partial charge in [-0.25, -0.2) is 0 Å². The summed E-state index contributed by atoms with van der Waals surface area (Å²) in [4.78, 5) is 11.9. The van der Waals surface area contributed by atoms with Crippen LogP contribution in [0.4, 0.5) is 0 Å². The molecule has 0 bridgehead atoms. The molecule has 1 aromatic carbocycles. The number of amides is 1. The topological polar surface area (TPSA) is 64.3 Å². The van der Waals surface area contributed by atoms with E-state index in [1.165, 1.54) is 0 Å². The molecule has 0 heterocycles. The van der Waals surface area contributed by atoms with Crippen molar-refractivity contribution < 1.29 is 9.53 Å². The standard InChI is InChI=1S/C14H20N2O2S/c1-3-6-10(2)16-13(17)9-18-12-8-5-4-7-11(12)14(15)19/h4-5,7-8,10H,3,6,9H2,1-2H3,(H2,15,19)(H,16,17). The molecule has 1 atom stereocenters. The Hall–Kier alpha value is -1.62. The van der Waals surface area contributed by atoms with E-state index in [0.29, 0.717) is 11.3 Å². The van der Waals surface area contributed by atoms with E-state index in [1.54, 1.807) is 12.1 Å². The summed E-state index contributed by atoms with van der Waals surface area (Å²) < 4.78 is 5.46. The highest BCUT2D eigenvalue weighted by Crippen LogP contribution is 2.17. The van der Waals surface area contributed by atoms with Crippen molar-refractivity contribution in [3.05, 3.63) is 29.8 Å². The van der Waals surface area contributed by atoms with Crippen molar-refractivity contribution in [3.8, 4) is 5.75 Å². The number of nitrogens with two attached hydrogens (primary N) is 1. The van der Waals surface area contributed by atoms with Gasteiger partial charge in [-0.05, 0) is 25.5 Å². The molecule has 1 aromatic rings. The number of hydrogen-bond acceptors (Lipinski definition) is 3. The van der Waals surface area contributed by atoms with Gasteiger partial charge in [0.15, 0.2) is 6.61 Å². The minimum atomic E-state index is -0.140. The van der Waals surface area contributed by atoms with Gasteiger partial charge in [0.05, 0.1) is 5.56 Å². The Kier molecular flexibility index (Phi) is 6.29. The lowest BCUT2D eigenvalue weighted by atomic mass is 10.2. The molecule has 0 aromatic heterocycles. The first-order valence-corrected chi connectivity index (χ1v) is 6.76. The highest BCUT2D eigenvalue weighted by Gasteiger charge is 2.10. The average Bonchev–Trinajstić information content (AvgIpc) is 2.36. The first kappa shape index (κ1) is 15.4. The summed E-state index contributed by atoms with van der Waals surface area (Å²) in [6.45, 7) is 4.02. The molecule has 1 amide bonds. The number of nitrogens with one attached hydrogen (secondary N) is 1. The molecular weight excluding hydrogens is 260 g/mol. The Balaban J connectivity index is 2.53. The minimum Gasteiger partial charge on any atom is -0.483 e. The fourth-order valence-electron chi connectivity index (χ4n) is 1.76. The maximum Gasteiger partial charge on any atom is 0.258 e. The highest BCUT2D eigenvalue weighted by molar-refractivity contribution is 7.80. The summed E-state index contributed by atoms with van der Waals surface area (Å²) in [5, 5.41) is 2.87. The second kappa shape index (κ2) is 7.74. The maximum atomic E-state index is 11.7.